The number of halogens is 1. The number of nitrogens with zero attached hydrogens (tertiary/aromatic N) is 1. The van der Waals surface area contributed by atoms with Gasteiger partial charge in [-0.2, -0.15) is 0 Å². The predicted octanol–water partition coefficient (Wildman–Crippen LogP) is 5.35. The molecule has 2 nitrogen and oxygen atoms in total. The van der Waals surface area contributed by atoms with E-state index >= 15 is 0 Å². The summed E-state index contributed by atoms with van der Waals surface area (Å²) in [5, 5.41) is 1.07. The number of hydrogen-bond acceptors (Lipinski definition) is 3. The molecule has 0 bridgehead atoms. The Bertz CT molecular complexity index is 973. The number of thiophene rings is 1. The molecule has 2 N–H and O–H groups in total. The zero-order chi connectivity index (χ0) is 15.8. The molecule has 23 heavy (non-hydrogen) atoms. The topological polar surface area (TPSA) is 38.9 Å². The first kappa shape index (κ1) is 13.9. The van der Waals surface area contributed by atoms with Crippen LogP contribution in [0.15, 0.2) is 66.9 Å². The molecule has 0 aliphatic heterocycles. The van der Waals surface area contributed by atoms with Crippen LogP contribution in [0.5, 0.6) is 0 Å². The van der Waals surface area contributed by atoms with Gasteiger partial charge in [0.2, 0.25) is 0 Å². The Morgan fingerprint density at radius 2 is 1.57 bits per heavy atom. The van der Waals surface area contributed by atoms with Gasteiger partial charge in [-0.25, -0.2) is 9.37 Å². The van der Waals surface area contributed by atoms with Gasteiger partial charge in [-0.05, 0) is 46.8 Å². The molecular weight excluding hydrogens is 307 g/mol. The lowest BCUT2D eigenvalue weighted by Crippen LogP contribution is -1.88. The molecule has 0 saturated carbocycles. The van der Waals surface area contributed by atoms with Crippen LogP contribution in [0, 0.1) is 5.82 Å². The first-order valence-electron chi connectivity index (χ1n) is 7.20. The zero-order valence-corrected chi connectivity index (χ0v) is 13.0. The summed E-state index contributed by atoms with van der Waals surface area (Å²) >= 11 is 1.60. The Labute approximate surface area is 137 Å². The van der Waals surface area contributed by atoms with Crippen molar-refractivity contribution in [1.29, 1.82) is 0 Å². The number of nitrogen functional groups attached to an aromatic ring is 1. The largest absolute Gasteiger partial charge is 0.384 e. The highest BCUT2D eigenvalue weighted by molar-refractivity contribution is 7.22. The monoisotopic (exact) mass is 320 g/mol. The van der Waals surface area contributed by atoms with Crippen molar-refractivity contribution in [3.05, 3.63) is 72.7 Å². The number of benzene rings is 2. The van der Waals surface area contributed by atoms with E-state index in [1.54, 1.807) is 29.7 Å². The fourth-order valence-electron chi connectivity index (χ4n) is 2.55. The van der Waals surface area contributed by atoms with Crippen molar-refractivity contribution in [3.8, 4) is 21.6 Å². The fraction of sp³-hybridized carbons (Fsp3) is 0. The lowest BCUT2D eigenvalue weighted by atomic mass is 10.0. The van der Waals surface area contributed by atoms with E-state index in [1.807, 2.05) is 12.1 Å². The van der Waals surface area contributed by atoms with E-state index in [-0.39, 0.29) is 5.82 Å². The summed E-state index contributed by atoms with van der Waals surface area (Å²) in [6.07, 6.45) is 1.77. The van der Waals surface area contributed by atoms with E-state index < -0.39 is 0 Å². The minimum atomic E-state index is -0.197. The van der Waals surface area contributed by atoms with Gasteiger partial charge in [0.15, 0.2) is 0 Å². The second-order valence-corrected chi connectivity index (χ2v) is 6.43. The Morgan fingerprint density at radius 1 is 0.826 bits per heavy atom. The molecule has 0 saturated heterocycles. The summed E-state index contributed by atoms with van der Waals surface area (Å²) in [6.45, 7) is 0. The number of pyridine rings is 1. The third kappa shape index (κ3) is 2.69. The Balaban J connectivity index is 1.70. The van der Waals surface area contributed by atoms with Crippen molar-refractivity contribution >= 4 is 27.2 Å². The van der Waals surface area contributed by atoms with E-state index in [9.17, 15) is 4.39 Å². The molecule has 2 aromatic carbocycles. The fourth-order valence-corrected chi connectivity index (χ4v) is 3.64. The molecule has 0 atom stereocenters. The van der Waals surface area contributed by atoms with Crippen LogP contribution in [0.2, 0.25) is 0 Å². The quantitative estimate of drug-likeness (QED) is 0.540. The second-order valence-electron chi connectivity index (χ2n) is 5.34. The van der Waals surface area contributed by atoms with E-state index in [2.05, 4.69) is 35.3 Å². The molecule has 0 unspecified atom stereocenters. The molecule has 0 aliphatic carbocycles. The van der Waals surface area contributed by atoms with Crippen molar-refractivity contribution in [2.75, 3.05) is 5.73 Å². The molecule has 112 valence electrons. The third-order valence-corrected chi connectivity index (χ3v) is 4.92. The van der Waals surface area contributed by atoms with Gasteiger partial charge < -0.3 is 5.73 Å². The Hall–Kier alpha value is -2.72. The van der Waals surface area contributed by atoms with Crippen molar-refractivity contribution < 1.29 is 4.39 Å². The highest BCUT2D eigenvalue weighted by Crippen LogP contribution is 2.34. The summed E-state index contributed by atoms with van der Waals surface area (Å²) in [5.74, 6) is 0.319. The second kappa shape index (κ2) is 5.48. The van der Waals surface area contributed by atoms with Crippen LogP contribution in [0.1, 0.15) is 0 Å². The predicted molar refractivity (Wildman–Crippen MR) is 94.9 cm³/mol. The van der Waals surface area contributed by atoms with Gasteiger partial charge in [-0.3, -0.25) is 0 Å². The summed E-state index contributed by atoms with van der Waals surface area (Å²) < 4.78 is 14.3. The van der Waals surface area contributed by atoms with Crippen LogP contribution in [0.3, 0.4) is 0 Å². The minimum absolute atomic E-state index is 0.197. The van der Waals surface area contributed by atoms with Crippen LogP contribution in [-0.2, 0) is 0 Å². The third-order valence-electron chi connectivity index (χ3n) is 3.77. The first-order valence-corrected chi connectivity index (χ1v) is 8.02. The van der Waals surface area contributed by atoms with Crippen molar-refractivity contribution in [2.24, 2.45) is 0 Å². The first-order chi connectivity index (χ1) is 11.2. The van der Waals surface area contributed by atoms with Crippen LogP contribution in [-0.4, -0.2) is 4.98 Å². The normalized spacial score (nSPS) is 11.0. The molecule has 0 radical (unpaired) electrons. The Kier molecular flexibility index (Phi) is 3.32. The molecule has 4 rings (SSSR count). The van der Waals surface area contributed by atoms with Crippen LogP contribution >= 0.6 is 11.3 Å². The number of anilines is 1. The lowest BCUT2D eigenvalue weighted by Gasteiger charge is -2.03. The van der Waals surface area contributed by atoms with Crippen molar-refractivity contribution in [3.63, 3.8) is 0 Å². The number of fused-ring (bicyclic) bond motifs is 1. The average Bonchev–Trinajstić information content (AvgIpc) is 2.99. The minimum Gasteiger partial charge on any atom is -0.384 e. The number of rotatable bonds is 2. The van der Waals surface area contributed by atoms with Gasteiger partial charge in [-0.15, -0.1) is 11.3 Å². The molecule has 2 aromatic heterocycles. The SMILES string of the molecule is Nc1ccc(-c2ccc(-c3cc4ccc(F)cc4s3)cc2)cn1. The summed E-state index contributed by atoms with van der Waals surface area (Å²) in [5.41, 5.74) is 8.86. The van der Waals surface area contributed by atoms with Gasteiger partial charge in [0, 0.05) is 21.3 Å². The highest BCUT2D eigenvalue weighted by Gasteiger charge is 2.06. The van der Waals surface area contributed by atoms with E-state index in [4.69, 9.17) is 5.73 Å². The highest BCUT2D eigenvalue weighted by atomic mass is 32.1. The molecule has 4 aromatic rings. The van der Waals surface area contributed by atoms with Crippen LogP contribution in [0.4, 0.5) is 10.2 Å². The van der Waals surface area contributed by atoms with Gasteiger partial charge in [-0.1, -0.05) is 30.3 Å². The molecular formula is C19H13FN2S. The lowest BCUT2D eigenvalue weighted by molar-refractivity contribution is 0.630. The van der Waals surface area contributed by atoms with Gasteiger partial charge in [0.05, 0.1) is 0 Å². The number of nitrogens with two attached hydrogens (primary N) is 1. The van der Waals surface area contributed by atoms with Crippen molar-refractivity contribution in [2.45, 2.75) is 0 Å². The van der Waals surface area contributed by atoms with Gasteiger partial charge in [0.1, 0.15) is 11.6 Å². The summed E-state index contributed by atoms with van der Waals surface area (Å²) in [6, 6.07) is 19.0. The molecule has 2 heterocycles. The van der Waals surface area contributed by atoms with Gasteiger partial charge in [0.25, 0.3) is 0 Å². The maximum absolute atomic E-state index is 13.3. The summed E-state index contributed by atoms with van der Waals surface area (Å²) in [7, 11) is 0. The molecule has 4 heteroatoms. The molecule has 0 aliphatic rings. The van der Waals surface area contributed by atoms with E-state index in [0.29, 0.717) is 5.82 Å². The van der Waals surface area contributed by atoms with E-state index in [0.717, 1.165) is 31.7 Å². The van der Waals surface area contributed by atoms with Crippen LogP contribution < -0.4 is 5.73 Å². The zero-order valence-electron chi connectivity index (χ0n) is 12.2. The maximum atomic E-state index is 13.3. The van der Waals surface area contributed by atoms with Gasteiger partial charge >= 0.3 is 0 Å². The molecule has 0 amide bonds. The molecule has 0 fully saturated rings. The average molecular weight is 320 g/mol. The van der Waals surface area contributed by atoms with Crippen molar-refractivity contribution in [1.82, 2.24) is 4.98 Å². The smallest absolute Gasteiger partial charge is 0.124 e. The number of hydrogen-bond donors (Lipinski definition) is 1. The Morgan fingerprint density at radius 3 is 2.30 bits per heavy atom. The maximum Gasteiger partial charge on any atom is 0.124 e. The number of aromatic nitrogens is 1. The molecule has 0 spiro atoms. The van der Waals surface area contributed by atoms with E-state index in [1.165, 1.54) is 6.07 Å². The van der Waals surface area contributed by atoms with Crippen LogP contribution in [0.25, 0.3) is 31.7 Å². The summed E-state index contributed by atoms with van der Waals surface area (Å²) in [4.78, 5) is 5.25. The standard InChI is InChI=1S/C19H13FN2S/c20-16-7-5-14-9-17(23-18(14)10-16)13-3-1-12(2-4-13)15-6-8-19(21)22-11-15/h1-11H,(H2,21,22).